The van der Waals surface area contributed by atoms with Crippen LogP contribution in [0.25, 0.3) is 33.4 Å². The van der Waals surface area contributed by atoms with E-state index in [-0.39, 0.29) is 12.3 Å². The molecule has 306 valence electrons. The average molecular weight is 807 g/mol. The Labute approximate surface area is 346 Å². The number of piperazine rings is 1. The van der Waals surface area contributed by atoms with Crippen molar-refractivity contribution in [3.63, 3.8) is 0 Å². The molecule has 6 aromatic rings. The quantitative estimate of drug-likeness (QED) is 0.191. The molecule has 3 fully saturated rings. The summed E-state index contributed by atoms with van der Waals surface area (Å²) in [5.41, 5.74) is 5.43. The summed E-state index contributed by atoms with van der Waals surface area (Å²) in [6.45, 7) is 8.40. The Morgan fingerprint density at radius 2 is 1.87 bits per heavy atom. The standard InChI is InChI=1S/C42H46N16O2/c1-26(19-43)48-34-18-38(58-40-31(22-47-58)16-29(20-44)21-46-40)45-23-37(34)57-25-35(50-52-57)30-6-4-28(5-7-30)10-12-54-14-15-55(27(2)24-54)32-8-9-33-36(17-32)53(3)51-41(33)56-13-11-39(59)49-42(56)60/h8-9,16-18,21-23,25-28,30H,4-7,10-15,24H2,1-3H3,(H,45,48)(H,49,59,60)/t26-,27+,28?,30?/m1/s1. The van der Waals surface area contributed by atoms with Gasteiger partial charge in [0, 0.05) is 80.3 Å². The number of nitriles is 2. The zero-order valence-electron chi connectivity index (χ0n) is 33.9. The predicted molar refractivity (Wildman–Crippen MR) is 224 cm³/mol. The van der Waals surface area contributed by atoms with E-state index in [4.69, 9.17) is 0 Å². The lowest BCUT2D eigenvalue weighted by atomic mass is 9.79. The molecular formula is C42H46N16O2. The minimum Gasteiger partial charge on any atom is -0.368 e. The second-order valence-electron chi connectivity index (χ2n) is 16.2. The molecule has 18 nitrogen and oxygen atoms in total. The molecule has 0 unspecified atom stereocenters. The van der Waals surface area contributed by atoms with Gasteiger partial charge in [0.05, 0.1) is 47.1 Å². The fourth-order valence-corrected chi connectivity index (χ4v) is 8.95. The number of pyridine rings is 2. The fourth-order valence-electron chi connectivity index (χ4n) is 8.95. The maximum Gasteiger partial charge on any atom is 0.329 e. The highest BCUT2D eigenvalue weighted by atomic mass is 16.2. The lowest BCUT2D eigenvalue weighted by Gasteiger charge is -2.42. The van der Waals surface area contributed by atoms with Crippen LogP contribution in [0.15, 0.2) is 55.1 Å². The highest BCUT2D eigenvalue weighted by molar-refractivity contribution is 6.09. The first-order valence-corrected chi connectivity index (χ1v) is 20.6. The van der Waals surface area contributed by atoms with E-state index in [0.29, 0.717) is 58.6 Å². The number of carbonyl (C=O) groups excluding carboxylic acids is 2. The number of nitrogens with zero attached hydrogens (tertiary/aromatic N) is 14. The van der Waals surface area contributed by atoms with Gasteiger partial charge >= 0.3 is 6.03 Å². The van der Waals surface area contributed by atoms with E-state index in [1.807, 2.05) is 30.1 Å². The van der Waals surface area contributed by atoms with Crippen LogP contribution in [0.4, 0.5) is 22.0 Å². The number of imide groups is 1. The number of urea groups is 1. The lowest BCUT2D eigenvalue weighted by molar-refractivity contribution is -0.120. The Kier molecular flexibility index (Phi) is 10.3. The van der Waals surface area contributed by atoms with Crippen LogP contribution in [0.5, 0.6) is 0 Å². The molecule has 3 amide bonds. The van der Waals surface area contributed by atoms with Crippen molar-refractivity contribution >= 4 is 51.1 Å². The van der Waals surface area contributed by atoms with Gasteiger partial charge < -0.3 is 10.2 Å². The molecule has 2 atom stereocenters. The summed E-state index contributed by atoms with van der Waals surface area (Å²) >= 11 is 0. The van der Waals surface area contributed by atoms with Gasteiger partial charge in [-0.2, -0.15) is 25.4 Å². The fraction of sp³-hybridized carbons (Fsp3) is 0.429. The second kappa shape index (κ2) is 16.0. The van der Waals surface area contributed by atoms with Crippen LogP contribution in [-0.4, -0.2) is 106 Å². The average Bonchev–Trinajstić information content (AvgIpc) is 4.00. The van der Waals surface area contributed by atoms with Gasteiger partial charge in [-0.25, -0.2) is 19.4 Å². The number of fused-ring (bicyclic) bond motifs is 2. The van der Waals surface area contributed by atoms with E-state index >= 15 is 0 Å². The molecule has 1 saturated carbocycles. The molecule has 7 heterocycles. The number of benzene rings is 1. The molecule has 9 rings (SSSR count). The topological polar surface area (TPSA) is 208 Å². The number of aromatic nitrogens is 9. The summed E-state index contributed by atoms with van der Waals surface area (Å²) in [6, 6.07) is 13.7. The van der Waals surface area contributed by atoms with Gasteiger partial charge in [0.25, 0.3) is 0 Å². The highest BCUT2D eigenvalue weighted by Gasteiger charge is 2.30. The van der Waals surface area contributed by atoms with Gasteiger partial charge in [-0.3, -0.25) is 24.6 Å². The first-order valence-electron chi connectivity index (χ1n) is 20.6. The summed E-state index contributed by atoms with van der Waals surface area (Å²) in [5.74, 6) is 1.83. The van der Waals surface area contributed by atoms with Crippen molar-refractivity contribution in [3.8, 4) is 23.6 Å². The molecule has 1 aromatic carbocycles. The van der Waals surface area contributed by atoms with Crippen LogP contribution < -0.4 is 20.4 Å². The van der Waals surface area contributed by atoms with Gasteiger partial charge in [0.15, 0.2) is 17.3 Å². The second-order valence-corrected chi connectivity index (χ2v) is 16.2. The minimum absolute atomic E-state index is 0.259. The van der Waals surface area contributed by atoms with E-state index in [1.54, 1.807) is 39.6 Å². The summed E-state index contributed by atoms with van der Waals surface area (Å²) in [4.78, 5) is 40.0. The largest absolute Gasteiger partial charge is 0.368 e. The van der Waals surface area contributed by atoms with Gasteiger partial charge in [-0.1, -0.05) is 5.21 Å². The van der Waals surface area contributed by atoms with Crippen molar-refractivity contribution in [2.75, 3.05) is 47.8 Å². The van der Waals surface area contributed by atoms with Crippen molar-refractivity contribution in [1.82, 2.24) is 54.7 Å². The molecule has 0 bridgehead atoms. The number of hydrogen-bond acceptors (Lipinski definition) is 13. The molecule has 5 aromatic heterocycles. The summed E-state index contributed by atoms with van der Waals surface area (Å²) in [5, 5.41) is 44.4. The molecule has 1 aliphatic carbocycles. The maximum atomic E-state index is 12.5. The maximum absolute atomic E-state index is 12.5. The Balaban J connectivity index is 0.795. The summed E-state index contributed by atoms with van der Waals surface area (Å²) in [7, 11) is 1.89. The number of anilines is 3. The third-order valence-corrected chi connectivity index (χ3v) is 12.2. The van der Waals surface area contributed by atoms with Gasteiger partial charge in [-0.15, -0.1) is 5.10 Å². The van der Waals surface area contributed by atoms with Crippen molar-refractivity contribution in [1.29, 1.82) is 10.5 Å². The normalized spacial score (nSPS) is 20.6. The van der Waals surface area contributed by atoms with Gasteiger partial charge in [-0.05, 0) is 82.7 Å². The van der Waals surface area contributed by atoms with E-state index in [1.165, 1.54) is 12.6 Å². The van der Waals surface area contributed by atoms with Crippen LogP contribution in [0.1, 0.15) is 69.5 Å². The van der Waals surface area contributed by atoms with E-state index in [0.717, 1.165) is 79.5 Å². The number of carbonyl (C=O) groups is 2. The van der Waals surface area contributed by atoms with Crippen LogP contribution in [0.2, 0.25) is 0 Å². The summed E-state index contributed by atoms with van der Waals surface area (Å²) in [6.07, 6.45) is 12.7. The molecule has 0 radical (unpaired) electrons. The van der Waals surface area contributed by atoms with Crippen molar-refractivity contribution < 1.29 is 9.59 Å². The molecule has 2 aliphatic heterocycles. The number of rotatable bonds is 10. The lowest BCUT2D eigenvalue weighted by Crippen LogP contribution is -2.52. The Morgan fingerprint density at radius 1 is 1.02 bits per heavy atom. The first-order chi connectivity index (χ1) is 29.1. The molecule has 2 N–H and O–H groups in total. The molecule has 60 heavy (non-hydrogen) atoms. The van der Waals surface area contributed by atoms with Crippen molar-refractivity contribution in [2.45, 2.75) is 70.4 Å². The van der Waals surface area contributed by atoms with E-state index in [9.17, 15) is 20.1 Å². The Hall–Kier alpha value is -6.92. The van der Waals surface area contributed by atoms with Crippen molar-refractivity contribution in [3.05, 3.63) is 66.4 Å². The molecule has 18 heteroatoms. The third-order valence-electron chi connectivity index (χ3n) is 12.2. The summed E-state index contributed by atoms with van der Waals surface area (Å²) < 4.78 is 5.16. The number of aryl methyl sites for hydroxylation is 1. The Morgan fingerprint density at radius 3 is 2.65 bits per heavy atom. The molecular weight excluding hydrogens is 761 g/mol. The molecule has 2 saturated heterocycles. The number of nitrogens with one attached hydrogen (secondary N) is 2. The van der Waals surface area contributed by atoms with Crippen LogP contribution >= 0.6 is 0 Å². The third kappa shape index (κ3) is 7.46. The van der Waals surface area contributed by atoms with Crippen LogP contribution in [0.3, 0.4) is 0 Å². The van der Waals surface area contributed by atoms with Crippen LogP contribution in [0, 0.1) is 28.6 Å². The predicted octanol–water partition coefficient (Wildman–Crippen LogP) is 4.80. The minimum atomic E-state index is -0.472. The van der Waals surface area contributed by atoms with Gasteiger partial charge in [0.2, 0.25) is 5.91 Å². The molecule has 0 spiro atoms. The first kappa shape index (κ1) is 38.6. The zero-order chi connectivity index (χ0) is 41.5. The Bertz CT molecular complexity index is 2680. The smallest absolute Gasteiger partial charge is 0.329 e. The van der Waals surface area contributed by atoms with E-state index < -0.39 is 12.1 Å². The highest BCUT2D eigenvalue weighted by Crippen LogP contribution is 2.37. The zero-order valence-corrected chi connectivity index (χ0v) is 33.9. The number of amides is 3. The molecule has 3 aliphatic rings. The van der Waals surface area contributed by atoms with Crippen molar-refractivity contribution in [2.24, 2.45) is 13.0 Å². The number of hydrogen-bond donors (Lipinski definition) is 2. The van der Waals surface area contributed by atoms with E-state index in [2.05, 4.69) is 82.1 Å². The van der Waals surface area contributed by atoms with Crippen LogP contribution in [-0.2, 0) is 11.8 Å². The monoisotopic (exact) mass is 806 g/mol. The SMILES string of the molecule is C[C@H](C#N)Nc1cc(-n2ncc3cc(C#N)cnc32)ncc1-n1cc(C2CCC(CCN3CCN(c4ccc5c(N6CCC(=O)NC6=O)nn(C)c5c4)[C@@H](C)C3)CC2)nn1. The van der Waals surface area contributed by atoms with Gasteiger partial charge in [0.1, 0.15) is 17.8 Å².